The van der Waals surface area contributed by atoms with Gasteiger partial charge in [0.25, 0.3) is 0 Å². The summed E-state index contributed by atoms with van der Waals surface area (Å²) in [7, 11) is 1.16. The van der Waals surface area contributed by atoms with Crippen LogP contribution < -0.4 is 10.6 Å². The molecule has 0 spiro atoms. The number of nitrogens with one attached hydrogen (secondary N) is 2. The molecule has 0 bridgehead atoms. The maximum absolute atomic E-state index is 13.1. The number of hydrogen-bond acceptors (Lipinski definition) is 4. The molecule has 0 aliphatic rings. The number of methoxy groups -OCH3 is 1. The first-order chi connectivity index (χ1) is 9.35. The van der Waals surface area contributed by atoms with Gasteiger partial charge in [0.05, 0.1) is 18.4 Å². The first kappa shape index (κ1) is 15.4. The zero-order chi connectivity index (χ0) is 15.3. The molecule has 0 aliphatic heterocycles. The summed E-state index contributed by atoms with van der Waals surface area (Å²) in [6.07, 6.45) is 0. The summed E-state index contributed by atoms with van der Waals surface area (Å²) in [6, 6.07) is 1.07. The van der Waals surface area contributed by atoms with Crippen molar-refractivity contribution < 1.29 is 28.6 Å². The van der Waals surface area contributed by atoms with Crippen molar-refractivity contribution in [3.63, 3.8) is 0 Å². The third-order valence-electron chi connectivity index (χ3n) is 2.36. The lowest BCUT2D eigenvalue weighted by Gasteiger charge is -2.13. The second-order valence-electron chi connectivity index (χ2n) is 3.84. The molecular weight excluding hydrogens is 271 g/mol. The number of carbonyl (C=O) groups excluding carboxylic acids is 2. The van der Waals surface area contributed by atoms with Gasteiger partial charge in [0.15, 0.2) is 0 Å². The van der Waals surface area contributed by atoms with Crippen molar-refractivity contribution in [3.05, 3.63) is 29.6 Å². The van der Waals surface area contributed by atoms with E-state index in [9.17, 15) is 18.8 Å². The molecule has 8 heteroatoms. The van der Waals surface area contributed by atoms with Crippen LogP contribution in [0.3, 0.4) is 0 Å². The van der Waals surface area contributed by atoms with Gasteiger partial charge >= 0.3 is 18.0 Å². The van der Waals surface area contributed by atoms with E-state index in [4.69, 9.17) is 5.11 Å². The van der Waals surface area contributed by atoms with E-state index < -0.39 is 29.8 Å². The fraction of sp³-hybridized carbons (Fsp3) is 0.250. The Hall–Kier alpha value is -2.64. The molecule has 20 heavy (non-hydrogen) atoms. The van der Waals surface area contributed by atoms with Crippen LogP contribution in [0.2, 0.25) is 0 Å². The lowest BCUT2D eigenvalue weighted by atomic mass is 10.2. The third kappa shape index (κ3) is 3.94. The van der Waals surface area contributed by atoms with Crippen molar-refractivity contribution in [2.24, 2.45) is 0 Å². The summed E-state index contributed by atoms with van der Waals surface area (Å²) >= 11 is 0. The first-order valence-electron chi connectivity index (χ1n) is 5.53. The Labute approximate surface area is 113 Å². The number of anilines is 1. The molecule has 1 unspecified atom stereocenters. The summed E-state index contributed by atoms with van der Waals surface area (Å²) in [5.74, 6) is -2.69. The lowest BCUT2D eigenvalue weighted by molar-refractivity contribution is -0.142. The Morgan fingerprint density at radius 1 is 1.35 bits per heavy atom. The molecule has 0 fully saturated rings. The predicted molar refractivity (Wildman–Crippen MR) is 67.0 cm³/mol. The average Bonchev–Trinajstić information content (AvgIpc) is 2.37. The van der Waals surface area contributed by atoms with Gasteiger partial charge in [0.2, 0.25) is 0 Å². The monoisotopic (exact) mass is 284 g/mol. The van der Waals surface area contributed by atoms with Crippen LogP contribution in [0.15, 0.2) is 18.2 Å². The van der Waals surface area contributed by atoms with Gasteiger partial charge in [-0.1, -0.05) is 0 Å². The lowest BCUT2D eigenvalue weighted by Crippen LogP contribution is -2.41. The molecule has 3 N–H and O–H groups in total. The summed E-state index contributed by atoms with van der Waals surface area (Å²) in [6.45, 7) is 1.38. The van der Waals surface area contributed by atoms with Crippen LogP contribution in [0.4, 0.5) is 14.9 Å². The number of carboxylic acids is 1. The normalized spacial score (nSPS) is 11.3. The topological polar surface area (TPSA) is 105 Å². The summed E-state index contributed by atoms with van der Waals surface area (Å²) in [4.78, 5) is 33.6. The molecule has 0 aliphatic carbocycles. The number of esters is 1. The van der Waals surface area contributed by atoms with Gasteiger partial charge in [-0.25, -0.2) is 18.8 Å². The van der Waals surface area contributed by atoms with Crippen LogP contribution in [-0.2, 0) is 9.53 Å². The Morgan fingerprint density at radius 2 is 2.00 bits per heavy atom. The summed E-state index contributed by atoms with van der Waals surface area (Å²) < 4.78 is 17.5. The fourth-order valence-electron chi connectivity index (χ4n) is 1.40. The molecule has 7 nitrogen and oxygen atoms in total. The number of ether oxygens (including phenoxy) is 1. The van der Waals surface area contributed by atoms with E-state index in [1.807, 2.05) is 0 Å². The van der Waals surface area contributed by atoms with E-state index in [-0.39, 0.29) is 11.3 Å². The summed E-state index contributed by atoms with van der Waals surface area (Å²) in [5, 5.41) is 13.3. The fourth-order valence-corrected chi connectivity index (χ4v) is 1.40. The minimum atomic E-state index is -1.32. The summed E-state index contributed by atoms with van der Waals surface area (Å²) in [5.41, 5.74) is -0.487. The smallest absolute Gasteiger partial charge is 0.337 e. The van der Waals surface area contributed by atoms with Gasteiger partial charge in [-0.15, -0.1) is 0 Å². The van der Waals surface area contributed by atoms with Crippen LogP contribution >= 0.6 is 0 Å². The molecule has 1 aromatic rings. The Bertz CT molecular complexity index is 547. The molecule has 0 saturated heterocycles. The van der Waals surface area contributed by atoms with Crippen molar-refractivity contribution >= 4 is 23.7 Å². The number of hydrogen-bond donors (Lipinski definition) is 3. The molecule has 0 saturated carbocycles. The molecule has 1 rings (SSSR count). The van der Waals surface area contributed by atoms with Gasteiger partial charge in [0.1, 0.15) is 11.9 Å². The van der Waals surface area contributed by atoms with Crippen molar-refractivity contribution in [1.29, 1.82) is 0 Å². The quantitative estimate of drug-likeness (QED) is 0.721. The predicted octanol–water partition coefficient (Wildman–Crippen LogP) is 1.21. The van der Waals surface area contributed by atoms with Gasteiger partial charge in [-0.05, 0) is 25.1 Å². The van der Waals surface area contributed by atoms with Crippen LogP contribution in [0.25, 0.3) is 0 Å². The van der Waals surface area contributed by atoms with Crippen LogP contribution in [-0.4, -0.2) is 36.2 Å². The molecular formula is C12H13FN2O5. The van der Waals surface area contributed by atoms with Crippen molar-refractivity contribution in [2.45, 2.75) is 13.0 Å². The highest BCUT2D eigenvalue weighted by atomic mass is 19.1. The number of urea groups is 1. The maximum Gasteiger partial charge on any atom is 0.337 e. The van der Waals surface area contributed by atoms with E-state index in [0.717, 1.165) is 25.3 Å². The van der Waals surface area contributed by atoms with Crippen LogP contribution in [0.5, 0.6) is 0 Å². The molecule has 1 atom stereocenters. The number of carbonyl (C=O) groups is 3. The van der Waals surface area contributed by atoms with E-state index in [0.29, 0.717) is 0 Å². The number of halogens is 1. The van der Waals surface area contributed by atoms with E-state index in [1.165, 1.54) is 6.92 Å². The Kier molecular flexibility index (Phi) is 5.01. The van der Waals surface area contributed by atoms with Crippen LogP contribution in [0.1, 0.15) is 17.3 Å². The molecule has 2 amide bonds. The highest BCUT2D eigenvalue weighted by molar-refractivity contribution is 6.00. The minimum absolute atomic E-state index is 0.216. The number of amides is 2. The largest absolute Gasteiger partial charge is 0.478 e. The van der Waals surface area contributed by atoms with E-state index >= 15 is 0 Å². The van der Waals surface area contributed by atoms with E-state index in [1.54, 1.807) is 0 Å². The molecule has 0 radical (unpaired) electrons. The van der Waals surface area contributed by atoms with Crippen molar-refractivity contribution in [3.8, 4) is 0 Å². The molecule has 1 aromatic carbocycles. The molecule has 0 heterocycles. The van der Waals surface area contributed by atoms with Gasteiger partial charge in [-0.2, -0.15) is 0 Å². The zero-order valence-corrected chi connectivity index (χ0v) is 10.8. The molecule has 108 valence electrons. The third-order valence-corrected chi connectivity index (χ3v) is 2.36. The van der Waals surface area contributed by atoms with Gasteiger partial charge < -0.3 is 20.5 Å². The van der Waals surface area contributed by atoms with Crippen molar-refractivity contribution in [2.75, 3.05) is 12.4 Å². The van der Waals surface area contributed by atoms with Crippen LogP contribution in [0, 0.1) is 5.82 Å². The molecule has 0 aromatic heterocycles. The van der Waals surface area contributed by atoms with Gasteiger partial charge in [-0.3, -0.25) is 0 Å². The first-order valence-corrected chi connectivity index (χ1v) is 5.53. The number of aromatic carboxylic acids is 1. The Morgan fingerprint density at radius 3 is 2.55 bits per heavy atom. The minimum Gasteiger partial charge on any atom is -0.478 e. The van der Waals surface area contributed by atoms with E-state index in [2.05, 4.69) is 15.4 Å². The second kappa shape index (κ2) is 6.50. The highest BCUT2D eigenvalue weighted by Crippen LogP contribution is 2.17. The number of carboxylic acid groups (broad SMARTS) is 1. The maximum atomic E-state index is 13.1. The van der Waals surface area contributed by atoms with Crippen molar-refractivity contribution in [1.82, 2.24) is 5.32 Å². The standard InChI is InChI=1S/C12H13FN2O5/c1-6(11(18)20-2)14-12(19)15-9-5-7(13)3-4-8(9)10(16)17/h3-6H,1-2H3,(H,16,17)(H2,14,15,19). The average molecular weight is 284 g/mol. The second-order valence-corrected chi connectivity index (χ2v) is 3.84. The zero-order valence-electron chi connectivity index (χ0n) is 10.8. The highest BCUT2D eigenvalue weighted by Gasteiger charge is 2.18. The number of benzene rings is 1. The Balaban J connectivity index is 2.82. The SMILES string of the molecule is COC(=O)C(C)NC(=O)Nc1cc(F)ccc1C(=O)O. The number of rotatable bonds is 4. The van der Waals surface area contributed by atoms with Gasteiger partial charge in [0, 0.05) is 0 Å².